The van der Waals surface area contributed by atoms with Gasteiger partial charge in [-0.3, -0.25) is 9.59 Å². The molecule has 34 heavy (non-hydrogen) atoms. The summed E-state index contributed by atoms with van der Waals surface area (Å²) in [7, 11) is 0. The monoisotopic (exact) mass is 481 g/mol. The van der Waals surface area contributed by atoms with Gasteiger partial charge in [0.1, 0.15) is 5.82 Å². The largest absolute Gasteiger partial charge is 0.383 e. The Morgan fingerprint density at radius 2 is 2.09 bits per heavy atom. The number of likely N-dealkylation sites (tertiary alicyclic amines) is 1. The maximum Gasteiger partial charge on any atom is 0.313 e. The number of nitrogen functional groups attached to an aromatic ring is 1. The van der Waals surface area contributed by atoms with Gasteiger partial charge in [-0.05, 0) is 56.0 Å². The van der Waals surface area contributed by atoms with Gasteiger partial charge in [0.2, 0.25) is 0 Å². The zero-order valence-electron chi connectivity index (χ0n) is 19.9. The van der Waals surface area contributed by atoms with Crippen molar-refractivity contribution in [3.05, 3.63) is 47.1 Å². The summed E-state index contributed by atoms with van der Waals surface area (Å²) in [6.07, 6.45) is 2.82. The summed E-state index contributed by atoms with van der Waals surface area (Å²) < 4.78 is 7.26. The van der Waals surface area contributed by atoms with Crippen LogP contribution in [0.3, 0.4) is 0 Å². The Hall–Kier alpha value is -3.04. The minimum Gasteiger partial charge on any atom is -0.383 e. The molecule has 1 aliphatic rings. The number of hydrogen-bond acceptors (Lipinski definition) is 7. The van der Waals surface area contributed by atoms with Crippen LogP contribution in [0.5, 0.6) is 0 Å². The first-order valence-corrected chi connectivity index (χ1v) is 12.5. The van der Waals surface area contributed by atoms with E-state index >= 15 is 0 Å². The highest BCUT2D eigenvalue weighted by molar-refractivity contribution is 7.16. The number of aryl methyl sites for hydroxylation is 1. The lowest BCUT2D eigenvalue weighted by atomic mass is 9.87. The molecule has 2 amide bonds. The molecule has 3 N–H and O–H groups in total. The predicted octanol–water partition coefficient (Wildman–Crippen LogP) is 4.18. The molecule has 1 aliphatic heterocycles. The third-order valence-electron chi connectivity index (χ3n) is 6.23. The number of piperidine rings is 1. The number of nitrogens with zero attached hydrogens (tertiary/aromatic N) is 3. The van der Waals surface area contributed by atoms with Crippen LogP contribution < -0.4 is 11.1 Å². The van der Waals surface area contributed by atoms with E-state index in [4.69, 9.17) is 10.5 Å². The van der Waals surface area contributed by atoms with Crippen LogP contribution in [0.25, 0.3) is 10.2 Å². The van der Waals surface area contributed by atoms with E-state index in [0.29, 0.717) is 30.9 Å². The quantitative estimate of drug-likeness (QED) is 0.529. The second-order valence-electron chi connectivity index (χ2n) is 9.07. The van der Waals surface area contributed by atoms with Crippen molar-refractivity contribution in [2.45, 2.75) is 58.8 Å². The first-order chi connectivity index (χ1) is 16.3. The maximum absolute atomic E-state index is 13.4. The van der Waals surface area contributed by atoms with E-state index < -0.39 is 11.8 Å². The number of pyridine rings is 1. The molecule has 180 valence electrons. The van der Waals surface area contributed by atoms with Crippen LogP contribution in [0.2, 0.25) is 0 Å². The van der Waals surface area contributed by atoms with Gasteiger partial charge in [-0.15, -0.1) is 11.3 Å². The van der Waals surface area contributed by atoms with Crippen molar-refractivity contribution in [2.24, 2.45) is 5.92 Å². The van der Waals surface area contributed by atoms with Gasteiger partial charge in [-0.2, -0.15) is 0 Å². The van der Waals surface area contributed by atoms with Crippen LogP contribution in [0.15, 0.2) is 36.0 Å². The number of rotatable bonds is 5. The molecule has 8 nitrogen and oxygen atoms in total. The first kappa shape index (κ1) is 24.1. The summed E-state index contributed by atoms with van der Waals surface area (Å²) in [6, 6.07) is 7.51. The van der Waals surface area contributed by atoms with Crippen molar-refractivity contribution >= 4 is 44.9 Å². The van der Waals surface area contributed by atoms with E-state index in [2.05, 4.69) is 22.2 Å². The average Bonchev–Trinajstić information content (AvgIpc) is 3.28. The number of benzene rings is 1. The normalized spacial score (nSPS) is 20.6. The number of hydrogen-bond donors (Lipinski definition) is 2. The van der Waals surface area contributed by atoms with E-state index in [1.165, 1.54) is 6.20 Å². The van der Waals surface area contributed by atoms with Crippen LogP contribution in [0, 0.1) is 5.92 Å². The SMILES string of the molecule is CCc1cc(NC(=O)C(=O)N2C[C@@H](C)[C@@H](OC(C)C)C[C@@H]2c2ccc3scnc3c2)cnc1N. The fourth-order valence-electron chi connectivity index (χ4n) is 4.48. The van der Waals surface area contributed by atoms with Gasteiger partial charge < -0.3 is 20.7 Å². The van der Waals surface area contributed by atoms with E-state index in [9.17, 15) is 9.59 Å². The topological polar surface area (TPSA) is 110 Å². The number of nitrogens with one attached hydrogen (secondary N) is 1. The molecule has 1 saturated heterocycles. The summed E-state index contributed by atoms with van der Waals surface area (Å²) >= 11 is 1.57. The molecule has 9 heteroatoms. The zero-order valence-corrected chi connectivity index (χ0v) is 20.8. The van der Waals surface area contributed by atoms with Crippen molar-refractivity contribution in [2.75, 3.05) is 17.6 Å². The van der Waals surface area contributed by atoms with E-state index in [0.717, 1.165) is 21.3 Å². The molecule has 0 aliphatic carbocycles. The standard InChI is InChI=1S/C25H31N5O3S/c1-5-16-8-18(11-27-23(16)26)29-24(31)25(32)30-12-15(4)21(33-14(2)3)10-20(30)17-6-7-22-19(9-17)28-13-34-22/h6-9,11,13-15,20-21H,5,10,12H2,1-4H3,(H2,26,27)(H,29,31)/t15-,20-,21+/m1/s1. The number of anilines is 2. The lowest BCUT2D eigenvalue weighted by Gasteiger charge is -2.43. The summed E-state index contributed by atoms with van der Waals surface area (Å²) in [6.45, 7) is 8.46. The zero-order chi connectivity index (χ0) is 24.4. The Bertz CT molecular complexity index is 1190. The van der Waals surface area contributed by atoms with Crippen molar-refractivity contribution < 1.29 is 14.3 Å². The fraction of sp³-hybridized carbons (Fsp3) is 0.440. The number of carbonyl (C=O) groups is 2. The van der Waals surface area contributed by atoms with Gasteiger partial charge in [-0.25, -0.2) is 9.97 Å². The predicted molar refractivity (Wildman–Crippen MR) is 135 cm³/mol. The Morgan fingerprint density at radius 3 is 2.82 bits per heavy atom. The van der Waals surface area contributed by atoms with Crippen LogP contribution in [0.1, 0.15) is 51.3 Å². The maximum atomic E-state index is 13.4. The molecule has 0 radical (unpaired) electrons. The smallest absolute Gasteiger partial charge is 0.313 e. The number of amides is 2. The molecule has 0 saturated carbocycles. The van der Waals surface area contributed by atoms with E-state index in [1.807, 2.05) is 44.5 Å². The van der Waals surface area contributed by atoms with Gasteiger partial charge in [0.05, 0.1) is 45.9 Å². The molecule has 3 heterocycles. The highest BCUT2D eigenvalue weighted by atomic mass is 32.1. The number of fused-ring (bicyclic) bond motifs is 1. The minimum absolute atomic E-state index is 0.0170. The first-order valence-electron chi connectivity index (χ1n) is 11.6. The Morgan fingerprint density at radius 1 is 1.29 bits per heavy atom. The summed E-state index contributed by atoms with van der Waals surface area (Å²) in [4.78, 5) is 36.6. The minimum atomic E-state index is -0.691. The third-order valence-corrected chi connectivity index (χ3v) is 7.04. The Labute approximate surface area is 203 Å². The highest BCUT2D eigenvalue weighted by Crippen LogP contribution is 2.37. The average molecular weight is 482 g/mol. The van der Waals surface area contributed by atoms with Gasteiger partial charge >= 0.3 is 11.8 Å². The summed E-state index contributed by atoms with van der Waals surface area (Å²) in [5.41, 5.74) is 10.8. The molecule has 1 aromatic carbocycles. The fourth-order valence-corrected chi connectivity index (χ4v) is 5.14. The second kappa shape index (κ2) is 10.1. The lowest BCUT2D eigenvalue weighted by Crippen LogP contribution is -2.51. The molecule has 3 atom stereocenters. The number of nitrogens with two attached hydrogens (primary N) is 1. The van der Waals surface area contributed by atoms with Crippen LogP contribution in [0.4, 0.5) is 11.5 Å². The summed E-state index contributed by atoms with van der Waals surface area (Å²) in [5, 5.41) is 2.71. The van der Waals surface area contributed by atoms with Crippen molar-refractivity contribution in [1.29, 1.82) is 0 Å². The second-order valence-corrected chi connectivity index (χ2v) is 9.95. The number of thiazole rings is 1. The van der Waals surface area contributed by atoms with Gasteiger partial charge in [0.25, 0.3) is 0 Å². The van der Waals surface area contributed by atoms with E-state index in [-0.39, 0.29) is 24.2 Å². The van der Waals surface area contributed by atoms with Gasteiger partial charge in [0, 0.05) is 12.5 Å². The molecule has 0 unspecified atom stereocenters. The van der Waals surface area contributed by atoms with Crippen molar-refractivity contribution in [1.82, 2.24) is 14.9 Å². The van der Waals surface area contributed by atoms with Crippen LogP contribution in [-0.2, 0) is 20.7 Å². The molecule has 0 spiro atoms. The van der Waals surface area contributed by atoms with Gasteiger partial charge in [0.15, 0.2) is 0 Å². The van der Waals surface area contributed by atoms with Crippen molar-refractivity contribution in [3.8, 4) is 0 Å². The Kier molecular flexibility index (Phi) is 7.13. The van der Waals surface area contributed by atoms with Gasteiger partial charge in [-0.1, -0.05) is 19.9 Å². The van der Waals surface area contributed by atoms with E-state index in [1.54, 1.807) is 22.3 Å². The number of aromatic nitrogens is 2. The molecule has 0 bridgehead atoms. The molecule has 1 fully saturated rings. The third kappa shape index (κ3) is 5.05. The van der Waals surface area contributed by atoms with Crippen LogP contribution >= 0.6 is 11.3 Å². The van der Waals surface area contributed by atoms with Crippen LogP contribution in [-0.4, -0.2) is 45.4 Å². The molecule has 4 rings (SSSR count). The van der Waals surface area contributed by atoms with Crippen molar-refractivity contribution in [3.63, 3.8) is 0 Å². The molecular weight excluding hydrogens is 450 g/mol. The summed E-state index contributed by atoms with van der Waals surface area (Å²) in [5.74, 6) is -0.759. The Balaban J connectivity index is 1.61. The molecule has 2 aromatic heterocycles. The highest BCUT2D eigenvalue weighted by Gasteiger charge is 2.39. The molecule has 3 aromatic rings. The lowest BCUT2D eigenvalue weighted by molar-refractivity contribution is -0.151. The number of ether oxygens (including phenoxy) is 1. The number of carbonyl (C=O) groups excluding carboxylic acids is 2. The molecular formula is C25H31N5O3S.